The topological polar surface area (TPSA) is 13.1 Å². The van der Waals surface area contributed by atoms with Gasteiger partial charge in [-0.1, -0.05) is 91.3 Å². The van der Waals surface area contributed by atoms with Crippen LogP contribution in [0.2, 0.25) is 5.02 Å². The van der Waals surface area contributed by atoms with Crippen molar-refractivity contribution in [1.82, 2.24) is 0 Å². The summed E-state index contributed by atoms with van der Waals surface area (Å²) in [6.07, 6.45) is 0. The van der Waals surface area contributed by atoms with Crippen LogP contribution in [0.5, 0.6) is 0 Å². The number of rotatable bonds is 0. The second-order valence-electron chi connectivity index (χ2n) is 11.7. The highest BCUT2D eigenvalue weighted by atomic mass is 35.5. The SMILES string of the molecule is CC(C)(C)c1cc(C(C)(C)C)c2oc3ccc4c(c3c2c1)-c1c(Cl)cccc1C4(C)C. The first-order chi connectivity index (χ1) is 14.3. The molecule has 160 valence electrons. The van der Waals surface area contributed by atoms with Crippen molar-refractivity contribution in [3.05, 3.63) is 69.7 Å². The first-order valence-electron chi connectivity index (χ1n) is 11.2. The van der Waals surface area contributed by atoms with Gasteiger partial charge < -0.3 is 4.42 Å². The largest absolute Gasteiger partial charge is 0.456 e. The molecule has 5 rings (SSSR count). The summed E-state index contributed by atoms with van der Waals surface area (Å²) in [5.74, 6) is 0. The van der Waals surface area contributed by atoms with E-state index < -0.39 is 0 Å². The number of hydrogen-bond acceptors (Lipinski definition) is 1. The third-order valence-corrected chi connectivity index (χ3v) is 7.34. The Morgan fingerprint density at radius 2 is 1.48 bits per heavy atom. The lowest BCUT2D eigenvalue weighted by Gasteiger charge is -2.25. The Labute approximate surface area is 190 Å². The molecular formula is C29H31ClO. The van der Waals surface area contributed by atoms with E-state index in [1.165, 1.54) is 38.6 Å². The number of furan rings is 1. The van der Waals surface area contributed by atoms with Gasteiger partial charge in [-0.05, 0) is 51.3 Å². The molecule has 0 atom stereocenters. The van der Waals surface area contributed by atoms with Gasteiger partial charge >= 0.3 is 0 Å². The maximum Gasteiger partial charge on any atom is 0.139 e. The Bertz CT molecular complexity index is 1370. The molecule has 1 nitrogen and oxygen atoms in total. The molecule has 0 amide bonds. The summed E-state index contributed by atoms with van der Waals surface area (Å²) in [5.41, 5.74) is 9.49. The zero-order chi connectivity index (χ0) is 22.5. The zero-order valence-corrected chi connectivity index (χ0v) is 20.6. The minimum absolute atomic E-state index is 0.0224. The van der Waals surface area contributed by atoms with Crippen molar-refractivity contribution in [3.8, 4) is 11.1 Å². The Hall–Kier alpha value is -2.25. The van der Waals surface area contributed by atoms with Crippen LogP contribution in [-0.2, 0) is 16.2 Å². The van der Waals surface area contributed by atoms with Gasteiger partial charge in [0.2, 0.25) is 0 Å². The van der Waals surface area contributed by atoms with Gasteiger partial charge in [0.15, 0.2) is 0 Å². The summed E-state index contributed by atoms with van der Waals surface area (Å²) in [5, 5.41) is 3.21. The molecule has 0 spiro atoms. The van der Waals surface area contributed by atoms with Gasteiger partial charge in [0.1, 0.15) is 11.2 Å². The van der Waals surface area contributed by atoms with Crippen LogP contribution in [0.4, 0.5) is 0 Å². The Kier molecular flexibility index (Phi) is 4.11. The van der Waals surface area contributed by atoms with Crippen molar-refractivity contribution >= 4 is 33.5 Å². The van der Waals surface area contributed by atoms with Crippen LogP contribution in [0.3, 0.4) is 0 Å². The molecule has 1 aliphatic carbocycles. The molecule has 1 heterocycles. The average Bonchev–Trinajstić information content (AvgIpc) is 3.13. The molecule has 31 heavy (non-hydrogen) atoms. The second kappa shape index (κ2) is 6.17. The third-order valence-electron chi connectivity index (χ3n) is 7.02. The standard InChI is InChI=1S/C29H31ClO/c1-27(2,3)16-14-17-23-22(31-26(17)20(15-16)28(4,5)6)13-12-19-25(23)24-18(29(19,7)8)10-9-11-21(24)30/h9-15H,1-8H3. The lowest BCUT2D eigenvalue weighted by Crippen LogP contribution is -2.16. The Morgan fingerprint density at radius 1 is 0.806 bits per heavy atom. The van der Waals surface area contributed by atoms with Gasteiger partial charge in [-0.15, -0.1) is 0 Å². The van der Waals surface area contributed by atoms with E-state index in [9.17, 15) is 0 Å². The van der Waals surface area contributed by atoms with Crippen LogP contribution in [0.1, 0.15) is 77.6 Å². The van der Waals surface area contributed by atoms with Gasteiger partial charge in [-0.3, -0.25) is 0 Å². The normalized spacial score (nSPS) is 15.5. The molecule has 0 radical (unpaired) electrons. The summed E-state index contributed by atoms with van der Waals surface area (Å²) in [4.78, 5) is 0. The average molecular weight is 431 g/mol. The number of halogens is 1. The predicted molar refractivity (Wildman–Crippen MR) is 134 cm³/mol. The first-order valence-corrected chi connectivity index (χ1v) is 11.5. The minimum atomic E-state index is -0.0954. The summed E-state index contributed by atoms with van der Waals surface area (Å²) in [6, 6.07) is 15.4. The highest BCUT2D eigenvalue weighted by Gasteiger charge is 2.39. The summed E-state index contributed by atoms with van der Waals surface area (Å²) in [6.45, 7) is 18.2. The van der Waals surface area contributed by atoms with E-state index in [1.807, 2.05) is 6.07 Å². The number of hydrogen-bond donors (Lipinski definition) is 0. The van der Waals surface area contributed by atoms with Crippen molar-refractivity contribution in [1.29, 1.82) is 0 Å². The van der Waals surface area contributed by atoms with Gasteiger partial charge in [0.05, 0.1) is 0 Å². The smallest absolute Gasteiger partial charge is 0.139 e. The molecule has 0 unspecified atom stereocenters. The fraction of sp³-hybridized carbons (Fsp3) is 0.379. The molecule has 1 aromatic heterocycles. The van der Waals surface area contributed by atoms with Crippen LogP contribution in [-0.4, -0.2) is 0 Å². The molecular weight excluding hydrogens is 400 g/mol. The summed E-state index contributed by atoms with van der Waals surface area (Å²) >= 11 is 6.82. The first kappa shape index (κ1) is 20.6. The van der Waals surface area contributed by atoms with E-state index in [1.54, 1.807) is 0 Å². The van der Waals surface area contributed by atoms with E-state index in [0.717, 1.165) is 21.8 Å². The van der Waals surface area contributed by atoms with Crippen LogP contribution in [0.25, 0.3) is 33.1 Å². The minimum Gasteiger partial charge on any atom is -0.456 e. The molecule has 4 aromatic rings. The van der Waals surface area contributed by atoms with Crippen molar-refractivity contribution in [2.45, 2.75) is 71.6 Å². The number of benzene rings is 3. The maximum absolute atomic E-state index is 6.82. The van der Waals surface area contributed by atoms with E-state index in [0.29, 0.717) is 0 Å². The van der Waals surface area contributed by atoms with Crippen LogP contribution >= 0.6 is 11.6 Å². The molecule has 0 fully saturated rings. The second-order valence-corrected chi connectivity index (χ2v) is 12.1. The Balaban J connectivity index is 2.02. The third kappa shape index (κ3) is 2.82. The lowest BCUT2D eigenvalue weighted by atomic mass is 9.79. The molecule has 2 heteroatoms. The van der Waals surface area contributed by atoms with E-state index in [2.05, 4.69) is 91.8 Å². The summed E-state index contributed by atoms with van der Waals surface area (Å²) < 4.78 is 6.58. The van der Waals surface area contributed by atoms with E-state index in [-0.39, 0.29) is 16.2 Å². The molecule has 0 N–H and O–H groups in total. The van der Waals surface area contributed by atoms with Gasteiger partial charge in [0.25, 0.3) is 0 Å². The van der Waals surface area contributed by atoms with Crippen molar-refractivity contribution in [2.75, 3.05) is 0 Å². The van der Waals surface area contributed by atoms with Crippen molar-refractivity contribution in [3.63, 3.8) is 0 Å². The van der Waals surface area contributed by atoms with Crippen LogP contribution in [0, 0.1) is 0 Å². The van der Waals surface area contributed by atoms with Crippen molar-refractivity contribution < 1.29 is 4.42 Å². The molecule has 0 aliphatic heterocycles. The number of fused-ring (bicyclic) bond motifs is 7. The summed E-state index contributed by atoms with van der Waals surface area (Å²) in [7, 11) is 0. The maximum atomic E-state index is 6.82. The fourth-order valence-corrected chi connectivity index (χ4v) is 5.45. The van der Waals surface area contributed by atoms with Gasteiger partial charge in [-0.25, -0.2) is 0 Å². The van der Waals surface area contributed by atoms with E-state index >= 15 is 0 Å². The fourth-order valence-electron chi connectivity index (χ4n) is 5.19. The van der Waals surface area contributed by atoms with E-state index in [4.69, 9.17) is 16.0 Å². The molecule has 1 aliphatic rings. The highest BCUT2D eigenvalue weighted by molar-refractivity contribution is 6.35. The van der Waals surface area contributed by atoms with Gasteiger partial charge in [0, 0.05) is 32.3 Å². The molecule has 0 bridgehead atoms. The molecule has 3 aromatic carbocycles. The lowest BCUT2D eigenvalue weighted by molar-refractivity contribution is 0.559. The van der Waals surface area contributed by atoms with Gasteiger partial charge in [-0.2, -0.15) is 0 Å². The quantitative estimate of drug-likeness (QED) is 0.271. The molecule has 0 saturated heterocycles. The Morgan fingerprint density at radius 3 is 2.13 bits per heavy atom. The highest BCUT2D eigenvalue weighted by Crippen LogP contribution is 2.55. The van der Waals surface area contributed by atoms with Crippen LogP contribution < -0.4 is 0 Å². The monoisotopic (exact) mass is 430 g/mol. The zero-order valence-electron chi connectivity index (χ0n) is 19.8. The van der Waals surface area contributed by atoms with Crippen molar-refractivity contribution in [2.24, 2.45) is 0 Å². The van der Waals surface area contributed by atoms with Crippen LogP contribution in [0.15, 0.2) is 46.9 Å². The predicted octanol–water partition coefficient (Wildman–Crippen LogP) is 9.14. The molecule has 0 saturated carbocycles.